The van der Waals surface area contributed by atoms with Gasteiger partial charge in [0, 0.05) is 17.7 Å². The lowest BCUT2D eigenvalue weighted by Gasteiger charge is -2.34. The summed E-state index contributed by atoms with van der Waals surface area (Å²) >= 11 is 8.11. The SMILES string of the molecule is Cc1nc(/C=C(\Cl)[C@@H]2C[C@@H]3O[C@@]3(C)CCC[C@@H](C)[C@H](O)[C@@H](C)C(=O)C(C)(C)[C@@H](O)CC(=O)O2)cs1. The van der Waals surface area contributed by atoms with Crippen molar-refractivity contribution in [2.24, 2.45) is 17.3 Å². The zero-order valence-electron chi connectivity index (χ0n) is 21.4. The van der Waals surface area contributed by atoms with Crippen LogP contribution in [0.2, 0.25) is 0 Å². The second-order valence-electron chi connectivity index (χ2n) is 10.9. The Morgan fingerprint density at radius 1 is 1.26 bits per heavy atom. The van der Waals surface area contributed by atoms with Crippen LogP contribution in [0.1, 0.15) is 77.4 Å². The van der Waals surface area contributed by atoms with E-state index in [0.29, 0.717) is 17.1 Å². The third-order valence-electron chi connectivity index (χ3n) is 7.64. The van der Waals surface area contributed by atoms with Crippen LogP contribution in [0.5, 0.6) is 0 Å². The van der Waals surface area contributed by atoms with Crippen LogP contribution in [0.25, 0.3) is 6.08 Å². The van der Waals surface area contributed by atoms with Crippen LogP contribution < -0.4 is 0 Å². The number of esters is 1. The fourth-order valence-electron chi connectivity index (χ4n) is 4.86. The van der Waals surface area contributed by atoms with Gasteiger partial charge in [-0.15, -0.1) is 11.3 Å². The van der Waals surface area contributed by atoms with Crippen molar-refractivity contribution >= 4 is 40.8 Å². The minimum absolute atomic E-state index is 0.0905. The molecule has 3 heterocycles. The highest BCUT2D eigenvalue weighted by atomic mass is 35.5. The minimum Gasteiger partial charge on any atom is -0.456 e. The van der Waals surface area contributed by atoms with Crippen molar-refractivity contribution in [2.45, 2.75) is 104 Å². The number of nitrogens with zero attached hydrogens (tertiary/aromatic N) is 1. The molecule has 0 aliphatic carbocycles. The molecule has 35 heavy (non-hydrogen) atoms. The molecule has 2 N–H and O–H groups in total. The molecule has 1 aromatic heterocycles. The number of Topliss-reactive ketones (excluding diaryl/α,β-unsaturated/α-hetero) is 1. The van der Waals surface area contributed by atoms with Crippen molar-refractivity contribution in [3.05, 3.63) is 21.1 Å². The zero-order valence-corrected chi connectivity index (χ0v) is 23.0. The number of aromatic nitrogens is 1. The molecule has 7 atom stereocenters. The van der Waals surface area contributed by atoms with E-state index >= 15 is 0 Å². The summed E-state index contributed by atoms with van der Waals surface area (Å²) < 4.78 is 11.7. The molecule has 2 aliphatic heterocycles. The fourth-order valence-corrected chi connectivity index (χ4v) is 5.68. The van der Waals surface area contributed by atoms with Gasteiger partial charge in [-0.1, -0.05) is 45.7 Å². The second-order valence-corrected chi connectivity index (χ2v) is 12.4. The third-order valence-corrected chi connectivity index (χ3v) is 8.78. The van der Waals surface area contributed by atoms with E-state index in [1.165, 1.54) is 11.3 Å². The minimum atomic E-state index is -1.27. The number of cyclic esters (lactones) is 1. The number of hydrogen-bond donors (Lipinski definition) is 2. The van der Waals surface area contributed by atoms with E-state index in [1.807, 2.05) is 26.2 Å². The summed E-state index contributed by atoms with van der Waals surface area (Å²) in [4.78, 5) is 30.5. The lowest BCUT2D eigenvalue weighted by atomic mass is 9.73. The molecule has 196 valence electrons. The summed E-state index contributed by atoms with van der Waals surface area (Å²) in [5.74, 6) is -1.70. The highest BCUT2D eigenvalue weighted by Gasteiger charge is 2.53. The van der Waals surface area contributed by atoms with E-state index in [2.05, 4.69) is 4.98 Å². The zero-order chi connectivity index (χ0) is 26.1. The van der Waals surface area contributed by atoms with E-state index in [1.54, 1.807) is 26.8 Å². The van der Waals surface area contributed by atoms with Gasteiger partial charge in [0.1, 0.15) is 11.9 Å². The average molecular weight is 528 g/mol. The molecule has 0 saturated carbocycles. The summed E-state index contributed by atoms with van der Waals surface area (Å²) in [6.45, 7) is 10.7. The van der Waals surface area contributed by atoms with Gasteiger partial charge in [0.05, 0.1) is 51.5 Å². The van der Waals surface area contributed by atoms with Gasteiger partial charge in [-0.25, -0.2) is 4.98 Å². The van der Waals surface area contributed by atoms with Crippen LogP contribution in [0.3, 0.4) is 0 Å². The average Bonchev–Trinajstić information content (AvgIpc) is 3.22. The Morgan fingerprint density at radius 2 is 1.94 bits per heavy atom. The monoisotopic (exact) mass is 527 g/mol. The molecular formula is C26H38ClNO6S. The summed E-state index contributed by atoms with van der Waals surface area (Å²) in [6, 6.07) is 0. The van der Waals surface area contributed by atoms with Crippen molar-refractivity contribution in [2.75, 3.05) is 0 Å². The number of aryl methyl sites for hydroxylation is 1. The first-order chi connectivity index (χ1) is 16.2. The highest BCUT2D eigenvalue weighted by molar-refractivity contribution is 7.09. The van der Waals surface area contributed by atoms with Crippen molar-refractivity contribution in [1.29, 1.82) is 0 Å². The van der Waals surface area contributed by atoms with E-state index < -0.39 is 35.6 Å². The van der Waals surface area contributed by atoms with E-state index in [0.717, 1.165) is 24.3 Å². The number of aliphatic hydroxyl groups excluding tert-OH is 2. The van der Waals surface area contributed by atoms with Gasteiger partial charge in [-0.3, -0.25) is 9.59 Å². The molecule has 7 nitrogen and oxygen atoms in total. The van der Waals surface area contributed by atoms with Crippen LogP contribution in [0, 0.1) is 24.2 Å². The first-order valence-electron chi connectivity index (χ1n) is 12.3. The van der Waals surface area contributed by atoms with Gasteiger partial charge in [0.25, 0.3) is 0 Å². The number of fused-ring (bicyclic) bond motifs is 1. The summed E-state index contributed by atoms with van der Waals surface area (Å²) in [6.07, 6.45) is 1.08. The van der Waals surface area contributed by atoms with Gasteiger partial charge < -0.3 is 19.7 Å². The predicted molar refractivity (Wildman–Crippen MR) is 136 cm³/mol. The van der Waals surface area contributed by atoms with Gasteiger partial charge in [-0.2, -0.15) is 0 Å². The standard InChI is InChI=1S/C26H38ClNO6S/c1-14-8-7-9-26(6)21(34-26)11-19(18(27)10-17-13-35-16(3)28-17)33-22(30)12-20(29)25(4,5)24(32)15(2)23(14)31/h10,13-15,19-21,23,29,31H,7-9,11-12H2,1-6H3/b18-10-/t14-,15-,19+,20+,21+,23+,26+/m1/s1. The van der Waals surface area contributed by atoms with Crippen LogP contribution in [-0.2, 0) is 19.1 Å². The quantitative estimate of drug-likeness (QED) is 0.425. The molecule has 0 aromatic carbocycles. The normalized spacial score (nSPS) is 37.5. The number of epoxide rings is 1. The van der Waals surface area contributed by atoms with Gasteiger partial charge in [0.2, 0.25) is 0 Å². The Kier molecular flexibility index (Phi) is 8.86. The largest absolute Gasteiger partial charge is 0.456 e. The fraction of sp³-hybridized carbons (Fsp3) is 0.731. The molecule has 9 heteroatoms. The Labute approximate surface area is 216 Å². The molecular weight excluding hydrogens is 490 g/mol. The smallest absolute Gasteiger partial charge is 0.309 e. The maximum absolute atomic E-state index is 13.2. The van der Waals surface area contributed by atoms with Crippen molar-refractivity contribution in [3.8, 4) is 0 Å². The number of carbonyl (C=O) groups excluding carboxylic acids is 2. The number of ether oxygens (including phenoxy) is 2. The molecule has 2 aliphatic rings. The summed E-state index contributed by atoms with van der Waals surface area (Å²) in [5, 5.41) is 24.8. The molecule has 0 amide bonds. The number of thiazole rings is 1. The number of hydrogen-bond acceptors (Lipinski definition) is 8. The van der Waals surface area contributed by atoms with Gasteiger partial charge >= 0.3 is 5.97 Å². The Hall–Kier alpha value is -1.32. The molecule has 0 unspecified atom stereocenters. The molecule has 2 saturated heterocycles. The number of aliphatic hydroxyl groups is 2. The number of carbonyl (C=O) groups is 2. The maximum Gasteiger partial charge on any atom is 0.309 e. The van der Waals surface area contributed by atoms with Crippen molar-refractivity contribution in [1.82, 2.24) is 4.98 Å². The van der Waals surface area contributed by atoms with Crippen LogP contribution in [0.15, 0.2) is 10.4 Å². The predicted octanol–water partition coefficient (Wildman–Crippen LogP) is 4.65. The molecule has 1 aromatic rings. The van der Waals surface area contributed by atoms with Crippen molar-refractivity contribution < 1.29 is 29.3 Å². The van der Waals surface area contributed by atoms with Gasteiger partial charge in [-0.05, 0) is 38.7 Å². The van der Waals surface area contributed by atoms with Crippen LogP contribution in [-0.4, -0.2) is 57.0 Å². The highest BCUT2D eigenvalue weighted by Crippen LogP contribution is 2.45. The molecule has 3 rings (SSSR count). The molecule has 0 spiro atoms. The van der Waals surface area contributed by atoms with E-state index in [-0.39, 0.29) is 29.8 Å². The Bertz CT molecular complexity index is 961. The number of halogens is 1. The first-order valence-corrected chi connectivity index (χ1v) is 13.6. The second kappa shape index (κ2) is 11.0. The van der Waals surface area contributed by atoms with Crippen LogP contribution in [0.4, 0.5) is 0 Å². The number of rotatable bonds is 2. The van der Waals surface area contributed by atoms with Gasteiger partial charge in [0.15, 0.2) is 0 Å². The summed E-state index contributed by atoms with van der Waals surface area (Å²) in [7, 11) is 0. The molecule has 0 radical (unpaired) electrons. The Morgan fingerprint density at radius 3 is 2.57 bits per heavy atom. The summed E-state index contributed by atoms with van der Waals surface area (Å²) in [5.41, 5.74) is -0.904. The molecule has 0 bridgehead atoms. The van der Waals surface area contributed by atoms with Crippen LogP contribution >= 0.6 is 22.9 Å². The topological polar surface area (TPSA) is 109 Å². The lowest BCUT2D eigenvalue weighted by Crippen LogP contribution is -2.45. The van der Waals surface area contributed by atoms with E-state index in [4.69, 9.17) is 21.1 Å². The first kappa shape index (κ1) is 28.3. The lowest BCUT2D eigenvalue weighted by molar-refractivity contribution is -0.154. The Balaban J connectivity index is 1.85. The van der Waals surface area contributed by atoms with Crippen molar-refractivity contribution in [3.63, 3.8) is 0 Å². The number of ketones is 1. The maximum atomic E-state index is 13.2. The third kappa shape index (κ3) is 6.72. The van der Waals surface area contributed by atoms with E-state index in [9.17, 15) is 19.8 Å². The molecule has 2 fully saturated rings.